The Morgan fingerprint density at radius 3 is 3.00 bits per heavy atom. The highest BCUT2D eigenvalue weighted by Crippen LogP contribution is 2.31. The minimum absolute atomic E-state index is 0.303. The minimum atomic E-state index is -3.10. The fourth-order valence-corrected chi connectivity index (χ4v) is 4.08. The lowest BCUT2D eigenvalue weighted by Gasteiger charge is -2.19. The Morgan fingerprint density at radius 2 is 2.18 bits per heavy atom. The molecule has 4 rings (SSSR count). The van der Waals surface area contributed by atoms with Crippen LogP contribution in [0.4, 0.5) is 14.5 Å². The van der Waals surface area contributed by atoms with Crippen LogP contribution in [-0.2, 0) is 11.2 Å². The molecule has 3 heterocycles. The second-order valence-electron chi connectivity index (χ2n) is 8.15. The predicted octanol–water partition coefficient (Wildman–Crippen LogP) is 3.10. The average Bonchev–Trinajstić information content (AvgIpc) is 3.15. The maximum atomic E-state index is 13.6. The third kappa shape index (κ3) is 5.17. The van der Waals surface area contributed by atoms with Crippen molar-refractivity contribution < 1.29 is 18.4 Å². The summed E-state index contributed by atoms with van der Waals surface area (Å²) < 4.78 is 27.2. The number of amides is 2. The van der Waals surface area contributed by atoms with E-state index in [0.717, 1.165) is 35.5 Å². The fourth-order valence-electron chi connectivity index (χ4n) is 4.08. The Morgan fingerprint density at radius 1 is 1.33 bits per heavy atom. The summed E-state index contributed by atoms with van der Waals surface area (Å²) in [7, 11) is 0. The van der Waals surface area contributed by atoms with E-state index < -0.39 is 43.3 Å². The van der Waals surface area contributed by atoms with Gasteiger partial charge in [0.15, 0.2) is 0 Å². The number of pyridine rings is 1. The van der Waals surface area contributed by atoms with Gasteiger partial charge in [-0.1, -0.05) is 18.2 Å². The van der Waals surface area contributed by atoms with E-state index in [1.165, 1.54) is 17.8 Å². The van der Waals surface area contributed by atoms with Crippen molar-refractivity contribution in [2.24, 2.45) is 0 Å². The first-order valence-electron chi connectivity index (χ1n) is 10.7. The van der Waals surface area contributed by atoms with Crippen LogP contribution in [0.3, 0.4) is 0 Å². The van der Waals surface area contributed by atoms with Crippen LogP contribution in [0, 0.1) is 11.3 Å². The molecule has 7 nitrogen and oxygen atoms in total. The van der Waals surface area contributed by atoms with Crippen LogP contribution < -0.4 is 10.6 Å². The Labute approximate surface area is 190 Å². The van der Waals surface area contributed by atoms with Crippen molar-refractivity contribution in [2.75, 3.05) is 25.0 Å². The Balaban J connectivity index is 1.43. The van der Waals surface area contributed by atoms with E-state index in [9.17, 15) is 18.4 Å². The molecule has 2 aromatic rings. The molecule has 2 amide bonds. The van der Waals surface area contributed by atoms with Gasteiger partial charge in [-0.05, 0) is 42.2 Å². The number of carbonyl (C=O) groups is 2. The molecule has 2 N–H and O–H groups in total. The number of rotatable bonds is 5. The third-order valence-corrected chi connectivity index (χ3v) is 5.76. The van der Waals surface area contributed by atoms with E-state index in [1.54, 1.807) is 18.3 Å². The van der Waals surface area contributed by atoms with Gasteiger partial charge < -0.3 is 15.5 Å². The molecule has 1 saturated heterocycles. The Kier molecular flexibility index (Phi) is 6.36. The Hall–Kier alpha value is -3.80. The van der Waals surface area contributed by atoms with Crippen LogP contribution in [0.25, 0.3) is 12.2 Å². The molecule has 2 aliphatic heterocycles. The average molecular weight is 451 g/mol. The van der Waals surface area contributed by atoms with Gasteiger partial charge in [-0.2, -0.15) is 5.26 Å². The number of nitriles is 1. The number of hydrogen-bond donors (Lipinski definition) is 2. The van der Waals surface area contributed by atoms with Gasteiger partial charge in [0, 0.05) is 42.2 Å². The second-order valence-corrected chi connectivity index (χ2v) is 8.15. The highest BCUT2D eigenvalue weighted by atomic mass is 19.3. The zero-order valence-electron chi connectivity index (χ0n) is 17.9. The lowest BCUT2D eigenvalue weighted by molar-refractivity contribution is -0.131. The molecular weight excluding hydrogens is 428 g/mol. The summed E-state index contributed by atoms with van der Waals surface area (Å²) in [5.74, 6) is -4.35. The Bertz CT molecular complexity index is 1140. The molecule has 1 atom stereocenters. The number of benzene rings is 1. The van der Waals surface area contributed by atoms with Gasteiger partial charge in [-0.3, -0.25) is 14.6 Å². The largest absolute Gasteiger partial charge is 0.385 e. The van der Waals surface area contributed by atoms with E-state index in [2.05, 4.69) is 21.7 Å². The van der Waals surface area contributed by atoms with E-state index >= 15 is 0 Å². The van der Waals surface area contributed by atoms with Crippen LogP contribution in [0.15, 0.2) is 36.7 Å². The van der Waals surface area contributed by atoms with Gasteiger partial charge >= 0.3 is 0 Å². The number of fused-ring (bicyclic) bond motifs is 1. The van der Waals surface area contributed by atoms with Gasteiger partial charge in [0.2, 0.25) is 5.91 Å². The summed E-state index contributed by atoms with van der Waals surface area (Å²) in [5, 5.41) is 14.9. The molecule has 1 fully saturated rings. The SMILES string of the molecule is N#CC1CC(F)(F)CN1C(=O)CNC(=O)c1ccncc1/C=C/c1ccc2c(c1)CCCN2. The van der Waals surface area contributed by atoms with Crippen molar-refractivity contribution in [3.8, 4) is 6.07 Å². The van der Waals surface area contributed by atoms with Gasteiger partial charge in [0.1, 0.15) is 6.04 Å². The minimum Gasteiger partial charge on any atom is -0.385 e. The molecule has 0 bridgehead atoms. The van der Waals surface area contributed by atoms with Gasteiger partial charge in [0.25, 0.3) is 11.8 Å². The van der Waals surface area contributed by atoms with Crippen LogP contribution in [0.2, 0.25) is 0 Å². The summed E-state index contributed by atoms with van der Waals surface area (Å²) in [6.45, 7) is -0.327. The normalized spacial score (nSPS) is 18.9. The van der Waals surface area contributed by atoms with Crippen molar-refractivity contribution in [1.29, 1.82) is 5.26 Å². The van der Waals surface area contributed by atoms with Crippen LogP contribution in [-0.4, -0.2) is 53.3 Å². The number of aryl methyl sites for hydroxylation is 1. The molecule has 1 unspecified atom stereocenters. The monoisotopic (exact) mass is 451 g/mol. The maximum Gasteiger partial charge on any atom is 0.268 e. The smallest absolute Gasteiger partial charge is 0.268 e. The van der Waals surface area contributed by atoms with Gasteiger partial charge in [-0.15, -0.1) is 0 Å². The zero-order chi connectivity index (χ0) is 23.4. The molecule has 170 valence electrons. The van der Waals surface area contributed by atoms with Crippen LogP contribution in [0.1, 0.15) is 39.9 Å². The summed E-state index contributed by atoms with van der Waals surface area (Å²) in [5.41, 5.74) is 4.23. The highest BCUT2D eigenvalue weighted by Gasteiger charge is 2.47. The topological polar surface area (TPSA) is 98.1 Å². The number of nitrogens with zero attached hydrogens (tertiary/aromatic N) is 3. The number of carbonyl (C=O) groups excluding carboxylic acids is 2. The zero-order valence-corrected chi connectivity index (χ0v) is 17.9. The lowest BCUT2D eigenvalue weighted by atomic mass is 10.00. The molecular formula is C24H23F2N5O2. The number of nitrogens with one attached hydrogen (secondary N) is 2. The fraction of sp³-hybridized carbons (Fsp3) is 0.333. The second kappa shape index (κ2) is 9.36. The first-order valence-corrected chi connectivity index (χ1v) is 10.7. The number of likely N-dealkylation sites (tertiary alicyclic amines) is 1. The highest BCUT2D eigenvalue weighted by molar-refractivity contribution is 6.00. The quantitative estimate of drug-likeness (QED) is 0.728. The van der Waals surface area contributed by atoms with E-state index in [0.29, 0.717) is 11.1 Å². The maximum absolute atomic E-state index is 13.6. The number of aromatic nitrogens is 1. The standard InChI is InChI=1S/C24H23F2N5O2/c25-24(26)11-19(12-27)31(15-24)22(32)14-30-23(33)20-7-9-28-13-18(20)5-3-16-4-6-21-17(10-16)2-1-8-29-21/h3-7,9-10,13,19,29H,1-2,8,11,14-15H2,(H,30,33)/b5-3+. The van der Waals surface area contributed by atoms with Crippen LogP contribution >= 0.6 is 0 Å². The van der Waals surface area contributed by atoms with E-state index in [-0.39, 0.29) is 0 Å². The molecule has 1 aromatic carbocycles. The lowest BCUT2D eigenvalue weighted by Crippen LogP contribution is -2.43. The van der Waals surface area contributed by atoms with Crippen LogP contribution in [0.5, 0.6) is 0 Å². The number of alkyl halides is 2. The summed E-state index contributed by atoms with van der Waals surface area (Å²) in [6.07, 6.45) is 8.06. The number of halogens is 2. The van der Waals surface area contributed by atoms with Crippen molar-refractivity contribution in [3.63, 3.8) is 0 Å². The summed E-state index contributed by atoms with van der Waals surface area (Å²) in [4.78, 5) is 29.9. The van der Waals surface area contributed by atoms with E-state index in [1.807, 2.05) is 18.2 Å². The number of hydrogen-bond acceptors (Lipinski definition) is 5. The molecule has 0 radical (unpaired) electrons. The van der Waals surface area contributed by atoms with Crippen molar-refractivity contribution in [3.05, 3.63) is 58.9 Å². The summed E-state index contributed by atoms with van der Waals surface area (Å²) >= 11 is 0. The molecule has 0 aliphatic carbocycles. The van der Waals surface area contributed by atoms with Crippen molar-refractivity contribution >= 4 is 29.7 Å². The number of anilines is 1. The molecule has 0 spiro atoms. The van der Waals surface area contributed by atoms with Crippen molar-refractivity contribution in [2.45, 2.75) is 31.2 Å². The predicted molar refractivity (Wildman–Crippen MR) is 119 cm³/mol. The molecule has 33 heavy (non-hydrogen) atoms. The summed E-state index contributed by atoms with van der Waals surface area (Å²) in [6, 6.07) is 8.17. The molecule has 1 aromatic heterocycles. The van der Waals surface area contributed by atoms with Crippen molar-refractivity contribution in [1.82, 2.24) is 15.2 Å². The third-order valence-electron chi connectivity index (χ3n) is 5.76. The molecule has 2 aliphatic rings. The van der Waals surface area contributed by atoms with Gasteiger partial charge in [-0.25, -0.2) is 8.78 Å². The van der Waals surface area contributed by atoms with E-state index in [4.69, 9.17) is 5.26 Å². The molecule has 0 saturated carbocycles. The van der Waals surface area contributed by atoms with Gasteiger partial charge in [0.05, 0.1) is 19.2 Å². The first-order chi connectivity index (χ1) is 15.9. The first kappa shape index (κ1) is 22.4. The molecule has 9 heteroatoms.